The molecule has 0 aliphatic heterocycles. The van der Waals surface area contributed by atoms with Crippen molar-refractivity contribution in [2.45, 2.75) is 18.5 Å². The molecule has 0 heterocycles. The van der Waals surface area contributed by atoms with Crippen LogP contribution in [0.3, 0.4) is 0 Å². The Morgan fingerprint density at radius 1 is 1.17 bits per heavy atom. The summed E-state index contributed by atoms with van der Waals surface area (Å²) in [5.41, 5.74) is -2.13. The van der Waals surface area contributed by atoms with Gasteiger partial charge in [0.15, 0.2) is 0 Å². The molecule has 0 saturated carbocycles. The zero-order valence-corrected chi connectivity index (χ0v) is 8.56. The van der Waals surface area contributed by atoms with Crippen molar-refractivity contribution >= 4 is 5.97 Å². The summed E-state index contributed by atoms with van der Waals surface area (Å²) in [4.78, 5) is 10.1. The number of benzene rings is 1. The van der Waals surface area contributed by atoms with Crippen LogP contribution in [0, 0.1) is 5.82 Å². The highest BCUT2D eigenvalue weighted by atomic mass is 19.4. The van der Waals surface area contributed by atoms with Gasteiger partial charge in [0, 0.05) is 6.42 Å². The van der Waals surface area contributed by atoms with Crippen LogP contribution in [0.4, 0.5) is 26.3 Å². The molecule has 100 valence electrons. The molecule has 0 fully saturated rings. The Labute approximate surface area is 96.8 Å². The Morgan fingerprint density at radius 2 is 1.72 bits per heavy atom. The molecule has 0 aliphatic carbocycles. The lowest BCUT2D eigenvalue weighted by Crippen LogP contribution is -2.30. The van der Waals surface area contributed by atoms with E-state index in [9.17, 15) is 31.1 Å². The van der Waals surface area contributed by atoms with Crippen LogP contribution in [0.2, 0.25) is 0 Å². The molecule has 1 rings (SSSR count). The van der Waals surface area contributed by atoms with Gasteiger partial charge in [-0.1, -0.05) is 6.07 Å². The summed E-state index contributed by atoms with van der Waals surface area (Å²) in [6, 6.07) is 1.16. The van der Waals surface area contributed by atoms with Crippen LogP contribution < -0.4 is 0 Å². The van der Waals surface area contributed by atoms with E-state index in [2.05, 4.69) is 0 Å². The van der Waals surface area contributed by atoms with E-state index < -0.39 is 41.4 Å². The topological polar surface area (TPSA) is 37.3 Å². The first kappa shape index (κ1) is 14.3. The fraction of sp³-hybridized carbons (Fsp3) is 0.300. The summed E-state index contributed by atoms with van der Waals surface area (Å²) < 4.78 is 75.0. The number of carbonyl (C=O) groups is 1. The second-order valence-electron chi connectivity index (χ2n) is 3.50. The second kappa shape index (κ2) is 4.51. The van der Waals surface area contributed by atoms with E-state index in [0.717, 1.165) is 0 Å². The zero-order valence-electron chi connectivity index (χ0n) is 8.56. The molecule has 0 atom stereocenters. The van der Waals surface area contributed by atoms with Crippen molar-refractivity contribution in [3.63, 3.8) is 0 Å². The SMILES string of the molecule is O=C(O)C(F)(F)Cc1ccc(C(F)(F)F)c(F)c1. The van der Waals surface area contributed by atoms with E-state index in [4.69, 9.17) is 5.11 Å². The van der Waals surface area contributed by atoms with Crippen LogP contribution in [-0.2, 0) is 17.4 Å². The fourth-order valence-corrected chi connectivity index (χ4v) is 1.23. The monoisotopic (exact) mass is 272 g/mol. The van der Waals surface area contributed by atoms with E-state index in [1.54, 1.807) is 0 Å². The number of alkyl halides is 5. The fourth-order valence-electron chi connectivity index (χ4n) is 1.23. The van der Waals surface area contributed by atoms with E-state index in [-0.39, 0.29) is 6.07 Å². The highest BCUT2D eigenvalue weighted by molar-refractivity contribution is 5.75. The number of carboxylic acid groups (broad SMARTS) is 1. The highest BCUT2D eigenvalue weighted by Crippen LogP contribution is 2.32. The van der Waals surface area contributed by atoms with Gasteiger partial charge in [-0.05, 0) is 17.7 Å². The highest BCUT2D eigenvalue weighted by Gasteiger charge is 2.39. The lowest BCUT2D eigenvalue weighted by Gasteiger charge is -2.13. The summed E-state index contributed by atoms with van der Waals surface area (Å²) in [6.07, 6.45) is -6.31. The molecule has 0 aromatic heterocycles. The molecular weight excluding hydrogens is 266 g/mol. The van der Waals surface area contributed by atoms with Crippen molar-refractivity contribution in [1.82, 2.24) is 0 Å². The molecule has 0 amide bonds. The van der Waals surface area contributed by atoms with Gasteiger partial charge in [-0.25, -0.2) is 9.18 Å². The first-order valence-electron chi connectivity index (χ1n) is 4.51. The Bertz CT molecular complexity index is 466. The normalized spacial score (nSPS) is 12.6. The third kappa shape index (κ3) is 3.14. The first-order valence-corrected chi connectivity index (χ1v) is 4.51. The Kier molecular flexibility index (Phi) is 3.59. The smallest absolute Gasteiger partial charge is 0.419 e. The number of hydrogen-bond donors (Lipinski definition) is 1. The third-order valence-corrected chi connectivity index (χ3v) is 2.08. The molecule has 0 saturated heterocycles. The molecule has 0 aliphatic rings. The van der Waals surface area contributed by atoms with E-state index >= 15 is 0 Å². The Morgan fingerprint density at radius 3 is 2.11 bits per heavy atom. The Balaban J connectivity index is 3.03. The van der Waals surface area contributed by atoms with Crippen LogP contribution in [0.5, 0.6) is 0 Å². The lowest BCUT2D eigenvalue weighted by atomic mass is 10.0. The molecule has 0 spiro atoms. The number of rotatable bonds is 3. The molecule has 18 heavy (non-hydrogen) atoms. The predicted molar refractivity (Wildman–Crippen MR) is 47.7 cm³/mol. The summed E-state index contributed by atoms with van der Waals surface area (Å²) >= 11 is 0. The van der Waals surface area contributed by atoms with Crippen molar-refractivity contribution in [2.24, 2.45) is 0 Å². The minimum Gasteiger partial charge on any atom is -0.477 e. The van der Waals surface area contributed by atoms with Crippen molar-refractivity contribution in [3.05, 3.63) is 35.1 Å². The quantitative estimate of drug-likeness (QED) is 0.858. The van der Waals surface area contributed by atoms with Gasteiger partial charge >= 0.3 is 18.1 Å². The number of halogens is 6. The number of hydrogen-bond acceptors (Lipinski definition) is 1. The van der Waals surface area contributed by atoms with Crippen LogP contribution in [0.1, 0.15) is 11.1 Å². The summed E-state index contributed by atoms with van der Waals surface area (Å²) in [5, 5.41) is 8.13. The minimum absolute atomic E-state index is 0.250. The van der Waals surface area contributed by atoms with E-state index in [1.807, 2.05) is 0 Å². The average Bonchev–Trinajstić information content (AvgIpc) is 2.14. The van der Waals surface area contributed by atoms with Gasteiger partial charge in [0.05, 0.1) is 5.56 Å². The number of aliphatic carboxylic acids is 1. The Hall–Kier alpha value is -1.73. The zero-order chi connectivity index (χ0) is 14.1. The van der Waals surface area contributed by atoms with Crippen LogP contribution >= 0.6 is 0 Å². The molecule has 0 bridgehead atoms. The van der Waals surface area contributed by atoms with E-state index in [0.29, 0.717) is 12.1 Å². The number of carboxylic acids is 1. The second-order valence-corrected chi connectivity index (χ2v) is 3.50. The van der Waals surface area contributed by atoms with Crippen molar-refractivity contribution in [2.75, 3.05) is 0 Å². The first-order chi connectivity index (χ1) is 8.04. The maximum absolute atomic E-state index is 13.0. The molecule has 0 unspecified atom stereocenters. The average molecular weight is 272 g/mol. The van der Waals surface area contributed by atoms with E-state index in [1.165, 1.54) is 0 Å². The van der Waals surface area contributed by atoms with Crippen LogP contribution in [0.15, 0.2) is 18.2 Å². The van der Waals surface area contributed by atoms with Crippen molar-refractivity contribution in [3.8, 4) is 0 Å². The minimum atomic E-state index is -4.93. The van der Waals surface area contributed by atoms with Gasteiger partial charge in [0.1, 0.15) is 5.82 Å². The molecule has 1 aromatic carbocycles. The maximum atomic E-state index is 13.0. The third-order valence-electron chi connectivity index (χ3n) is 2.08. The van der Waals surface area contributed by atoms with Gasteiger partial charge in [-0.3, -0.25) is 0 Å². The van der Waals surface area contributed by atoms with Gasteiger partial charge in [0.25, 0.3) is 0 Å². The van der Waals surface area contributed by atoms with Crippen LogP contribution in [0.25, 0.3) is 0 Å². The van der Waals surface area contributed by atoms with Gasteiger partial charge < -0.3 is 5.11 Å². The summed E-state index contributed by atoms with van der Waals surface area (Å²) in [6.45, 7) is 0. The molecule has 8 heteroatoms. The largest absolute Gasteiger partial charge is 0.477 e. The van der Waals surface area contributed by atoms with Crippen molar-refractivity contribution in [1.29, 1.82) is 0 Å². The molecular formula is C10H6F6O2. The summed E-state index contributed by atoms with van der Waals surface area (Å²) in [7, 11) is 0. The standard InChI is InChI=1S/C10H6F6O2/c11-7-3-5(4-9(12,13)8(17)18)1-2-6(7)10(14,15)16/h1-3H,4H2,(H,17,18). The molecule has 0 radical (unpaired) electrons. The van der Waals surface area contributed by atoms with Gasteiger partial charge in [-0.2, -0.15) is 22.0 Å². The van der Waals surface area contributed by atoms with Crippen LogP contribution in [-0.4, -0.2) is 17.0 Å². The predicted octanol–water partition coefficient (Wildman–Crippen LogP) is 3.11. The molecule has 1 N–H and O–H groups in total. The van der Waals surface area contributed by atoms with Crippen molar-refractivity contribution < 1.29 is 36.2 Å². The van der Waals surface area contributed by atoms with Gasteiger partial charge in [0.2, 0.25) is 0 Å². The van der Waals surface area contributed by atoms with Gasteiger partial charge in [-0.15, -0.1) is 0 Å². The molecule has 1 aromatic rings. The lowest BCUT2D eigenvalue weighted by molar-refractivity contribution is -0.164. The molecule has 2 nitrogen and oxygen atoms in total. The maximum Gasteiger partial charge on any atom is 0.419 e. The summed E-state index contributed by atoms with van der Waals surface area (Å²) in [5.74, 6) is -8.31.